The largest absolute Gasteiger partial charge is 0.489 e. The van der Waals surface area contributed by atoms with Gasteiger partial charge in [-0.2, -0.15) is 0 Å². The summed E-state index contributed by atoms with van der Waals surface area (Å²) in [6, 6.07) is 17.4. The number of benzene rings is 3. The summed E-state index contributed by atoms with van der Waals surface area (Å²) in [4.78, 5) is 12.9. The van der Waals surface area contributed by atoms with Crippen LogP contribution in [0.5, 0.6) is 23.0 Å². The third-order valence-corrected chi connectivity index (χ3v) is 5.16. The number of rotatable bonds is 4. The average molecular weight is 400 g/mol. The summed E-state index contributed by atoms with van der Waals surface area (Å²) in [5.74, 6) is 2.70. The molecular weight excluding hydrogens is 380 g/mol. The smallest absolute Gasteiger partial charge is 0.232 e. The molecule has 5 nitrogen and oxygen atoms in total. The van der Waals surface area contributed by atoms with Gasteiger partial charge in [-0.15, -0.1) is 0 Å². The number of fused-ring (bicyclic) bond motifs is 2. The Balaban J connectivity index is 1.37. The van der Waals surface area contributed by atoms with Crippen molar-refractivity contribution in [1.82, 2.24) is 0 Å². The average Bonchev–Trinajstić information content (AvgIpc) is 3.32. The second-order valence-electron chi connectivity index (χ2n) is 7.44. The molecule has 0 saturated heterocycles. The minimum atomic E-state index is -0.134. The fourth-order valence-electron chi connectivity index (χ4n) is 3.57. The van der Waals surface area contributed by atoms with Gasteiger partial charge < -0.3 is 18.9 Å². The van der Waals surface area contributed by atoms with Gasteiger partial charge in [-0.25, -0.2) is 0 Å². The van der Waals surface area contributed by atoms with Crippen LogP contribution in [-0.2, 0) is 6.61 Å². The molecule has 150 valence electrons. The van der Waals surface area contributed by atoms with Crippen molar-refractivity contribution < 1.29 is 23.7 Å². The van der Waals surface area contributed by atoms with Crippen LogP contribution in [0.4, 0.5) is 0 Å². The van der Waals surface area contributed by atoms with E-state index in [1.807, 2.05) is 43.3 Å². The zero-order chi connectivity index (χ0) is 20.7. The molecule has 30 heavy (non-hydrogen) atoms. The summed E-state index contributed by atoms with van der Waals surface area (Å²) in [6.45, 7) is 4.60. The van der Waals surface area contributed by atoms with Gasteiger partial charge in [-0.3, -0.25) is 4.79 Å². The number of aryl methyl sites for hydroxylation is 2. The summed E-state index contributed by atoms with van der Waals surface area (Å²) in [6.07, 6.45) is 1.72. The second-order valence-corrected chi connectivity index (χ2v) is 7.44. The molecule has 2 aliphatic rings. The molecule has 3 aromatic rings. The van der Waals surface area contributed by atoms with Gasteiger partial charge >= 0.3 is 0 Å². The van der Waals surface area contributed by atoms with Crippen LogP contribution in [-0.4, -0.2) is 12.6 Å². The lowest BCUT2D eigenvalue weighted by molar-refractivity contribution is 0.101. The highest BCUT2D eigenvalue weighted by atomic mass is 16.7. The van der Waals surface area contributed by atoms with Crippen LogP contribution in [0.1, 0.15) is 32.6 Å². The summed E-state index contributed by atoms with van der Waals surface area (Å²) in [5.41, 5.74) is 4.50. The number of carbonyl (C=O) groups is 1. The van der Waals surface area contributed by atoms with Gasteiger partial charge in [0.1, 0.15) is 18.1 Å². The Kier molecular flexibility index (Phi) is 4.43. The lowest BCUT2D eigenvalue weighted by Crippen LogP contribution is -2.00. The zero-order valence-electron chi connectivity index (χ0n) is 16.7. The molecule has 0 aromatic heterocycles. The third kappa shape index (κ3) is 3.39. The van der Waals surface area contributed by atoms with Crippen LogP contribution >= 0.6 is 0 Å². The molecule has 0 bridgehead atoms. The summed E-state index contributed by atoms with van der Waals surface area (Å²) in [7, 11) is 0. The molecule has 0 spiro atoms. The SMILES string of the molecule is Cc1ccc(COc2cc(C)c3c(c2)O/C(=C\c2ccc4c(c2)OCO4)C3=O)cc1. The highest BCUT2D eigenvalue weighted by molar-refractivity contribution is 6.15. The monoisotopic (exact) mass is 400 g/mol. The highest BCUT2D eigenvalue weighted by Gasteiger charge is 2.30. The van der Waals surface area contributed by atoms with Crippen LogP contribution < -0.4 is 18.9 Å². The topological polar surface area (TPSA) is 54.0 Å². The predicted molar refractivity (Wildman–Crippen MR) is 112 cm³/mol. The summed E-state index contributed by atoms with van der Waals surface area (Å²) in [5, 5.41) is 0. The van der Waals surface area contributed by atoms with Gasteiger partial charge in [0.05, 0.1) is 5.56 Å². The fourth-order valence-corrected chi connectivity index (χ4v) is 3.57. The van der Waals surface area contributed by atoms with Gasteiger partial charge in [0.25, 0.3) is 0 Å². The van der Waals surface area contributed by atoms with E-state index in [1.165, 1.54) is 5.56 Å². The lowest BCUT2D eigenvalue weighted by Gasteiger charge is -2.09. The van der Waals surface area contributed by atoms with E-state index in [9.17, 15) is 4.79 Å². The van der Waals surface area contributed by atoms with Crippen molar-refractivity contribution in [2.24, 2.45) is 0 Å². The summed E-state index contributed by atoms with van der Waals surface area (Å²) < 4.78 is 22.6. The van der Waals surface area contributed by atoms with Crippen LogP contribution in [0.25, 0.3) is 6.08 Å². The van der Waals surface area contributed by atoms with E-state index in [4.69, 9.17) is 18.9 Å². The van der Waals surface area contributed by atoms with Crippen molar-refractivity contribution in [3.05, 3.63) is 88.2 Å². The molecule has 0 amide bonds. The number of Topliss-reactive ketones (excluding diaryl/α,β-unsaturated/α-hetero) is 1. The standard InChI is InChI=1S/C25H20O5/c1-15-3-5-17(6-4-15)13-27-19-9-16(2)24-22(12-19)30-23(25(24)26)11-18-7-8-20-21(10-18)29-14-28-20/h3-12H,13-14H2,1-2H3/b23-11-. The van der Waals surface area contributed by atoms with Crippen molar-refractivity contribution in [3.8, 4) is 23.0 Å². The number of ketones is 1. The zero-order valence-corrected chi connectivity index (χ0v) is 16.7. The van der Waals surface area contributed by atoms with Gasteiger partial charge in [0.2, 0.25) is 12.6 Å². The number of carbonyl (C=O) groups excluding carboxylic acids is 1. The Labute approximate surface area is 174 Å². The Morgan fingerprint density at radius 3 is 2.57 bits per heavy atom. The van der Waals surface area contributed by atoms with Crippen LogP contribution in [0.15, 0.2) is 60.4 Å². The van der Waals surface area contributed by atoms with Gasteiger partial charge in [-0.05, 0) is 54.8 Å². The van der Waals surface area contributed by atoms with E-state index in [0.717, 1.165) is 16.7 Å². The van der Waals surface area contributed by atoms with E-state index >= 15 is 0 Å². The quantitative estimate of drug-likeness (QED) is 0.562. The van der Waals surface area contributed by atoms with Crippen molar-refractivity contribution in [2.75, 3.05) is 6.79 Å². The van der Waals surface area contributed by atoms with E-state index in [-0.39, 0.29) is 18.3 Å². The molecule has 0 fully saturated rings. The minimum Gasteiger partial charge on any atom is -0.489 e. The molecule has 0 aliphatic carbocycles. The third-order valence-electron chi connectivity index (χ3n) is 5.16. The molecule has 0 saturated carbocycles. The van der Waals surface area contributed by atoms with E-state index in [2.05, 4.69) is 19.1 Å². The van der Waals surface area contributed by atoms with Crippen molar-refractivity contribution in [2.45, 2.75) is 20.5 Å². The first-order chi connectivity index (χ1) is 14.6. The molecule has 0 unspecified atom stereocenters. The van der Waals surface area contributed by atoms with Crippen molar-refractivity contribution in [1.29, 1.82) is 0 Å². The van der Waals surface area contributed by atoms with Crippen LogP contribution in [0, 0.1) is 13.8 Å². The number of hydrogen-bond donors (Lipinski definition) is 0. The number of hydrogen-bond acceptors (Lipinski definition) is 5. The molecule has 2 aliphatic heterocycles. The first-order valence-electron chi connectivity index (χ1n) is 9.74. The van der Waals surface area contributed by atoms with Crippen molar-refractivity contribution in [3.63, 3.8) is 0 Å². The molecule has 2 heterocycles. The first-order valence-corrected chi connectivity index (χ1v) is 9.74. The molecule has 5 rings (SSSR count). The maximum Gasteiger partial charge on any atom is 0.232 e. The fraction of sp³-hybridized carbons (Fsp3) is 0.160. The normalized spacial score (nSPS) is 15.3. The predicted octanol–water partition coefficient (Wildman–Crippen LogP) is 5.23. The molecule has 0 radical (unpaired) electrons. The Bertz CT molecular complexity index is 1170. The first kappa shape index (κ1) is 18.3. The molecule has 0 atom stereocenters. The Hall–Kier alpha value is -3.73. The minimum absolute atomic E-state index is 0.134. The van der Waals surface area contributed by atoms with E-state index in [0.29, 0.717) is 35.2 Å². The van der Waals surface area contributed by atoms with Crippen LogP contribution in [0.3, 0.4) is 0 Å². The molecule has 3 aromatic carbocycles. The molecular formula is C25H20O5. The lowest BCUT2D eigenvalue weighted by atomic mass is 10.0. The van der Waals surface area contributed by atoms with Gasteiger partial charge in [-0.1, -0.05) is 35.9 Å². The van der Waals surface area contributed by atoms with Gasteiger partial charge in [0.15, 0.2) is 17.3 Å². The maximum absolute atomic E-state index is 12.9. The van der Waals surface area contributed by atoms with Gasteiger partial charge in [0, 0.05) is 6.07 Å². The van der Waals surface area contributed by atoms with Crippen LogP contribution in [0.2, 0.25) is 0 Å². The molecule has 5 heteroatoms. The van der Waals surface area contributed by atoms with E-state index in [1.54, 1.807) is 12.1 Å². The van der Waals surface area contributed by atoms with E-state index < -0.39 is 0 Å². The number of allylic oxidation sites excluding steroid dienone is 1. The summed E-state index contributed by atoms with van der Waals surface area (Å²) >= 11 is 0. The maximum atomic E-state index is 12.9. The molecule has 0 N–H and O–H groups in total. The Morgan fingerprint density at radius 1 is 0.933 bits per heavy atom. The number of ether oxygens (including phenoxy) is 4. The highest BCUT2D eigenvalue weighted by Crippen LogP contribution is 2.39. The second kappa shape index (κ2) is 7.26. The van der Waals surface area contributed by atoms with Crippen molar-refractivity contribution >= 4 is 11.9 Å². The Morgan fingerprint density at radius 2 is 1.73 bits per heavy atom.